The number of nitro groups is 2. The second-order valence-corrected chi connectivity index (χ2v) is 27.0. The van der Waals surface area contributed by atoms with Crippen LogP contribution < -0.4 is 5.32 Å². The number of nitro benzene ring substituents is 2. The van der Waals surface area contributed by atoms with E-state index in [1.54, 1.807) is 69.3 Å². The summed E-state index contributed by atoms with van der Waals surface area (Å²) in [7, 11) is 1.54. The second-order valence-electron chi connectivity index (χ2n) is 27.0. The molecule has 10 rings (SSSR count). The van der Waals surface area contributed by atoms with E-state index in [9.17, 15) is 88.6 Å². The fourth-order valence-electron chi connectivity index (χ4n) is 11.7. The molecule has 1 saturated heterocycles. The quantitative estimate of drug-likeness (QED) is 0.0294. The summed E-state index contributed by atoms with van der Waals surface area (Å²) in [6.45, 7) is 21.0. The molecule has 1 aromatic heterocycles. The fraction of sp³-hybridized carbons (Fsp3) is 0.455. The van der Waals surface area contributed by atoms with Gasteiger partial charge in [0.1, 0.15) is 5.76 Å². The number of nitrogens with zero attached hydrogens (tertiary/aromatic N) is 2. The Morgan fingerprint density at radius 1 is 0.537 bits per heavy atom. The number of methoxy groups -OCH3 is 1. The van der Waals surface area contributed by atoms with E-state index >= 15 is 0 Å². The lowest BCUT2D eigenvalue weighted by molar-refractivity contribution is -0.385. The minimum Gasteiger partial charge on any atom is -0.469 e. The maximum atomic E-state index is 13.0. The third-order valence-corrected chi connectivity index (χ3v) is 18.1. The van der Waals surface area contributed by atoms with E-state index in [1.807, 2.05) is 38.1 Å². The van der Waals surface area contributed by atoms with Crippen molar-refractivity contribution in [1.82, 2.24) is 0 Å². The van der Waals surface area contributed by atoms with Gasteiger partial charge in [0.15, 0.2) is 63.5 Å². The number of anilines is 1. The third-order valence-electron chi connectivity index (χ3n) is 18.1. The topological polar surface area (TPSA) is 446 Å². The molecule has 5 N–H and O–H groups in total. The SMILES string of the molecule is CC(=O)C1=CC(C2COC(C)(C)O2)CC(O)(C(C)=O)O1.CC(=O)C1=CC(c2ccc([N+](=O)[O-])cc2)CC(O)(C(C)=O)O1.CC(=O)C1=CC(c2ccco2)CC(O)(C(C)=O)O1.CCOC(=O)C1(Nc2ccc(C)cc2)CC(c2ccc([N+](=O)[O-])cc2)C=C(C(C)=O)O1.COC(C)C1C=C(C(C)=O)OC(O)(C(C)=O)C1. The molecule has 108 heavy (non-hydrogen) atoms. The Kier molecular flexibility index (Phi) is 28.7. The van der Waals surface area contributed by atoms with Crippen molar-refractivity contribution in [2.45, 2.75) is 194 Å². The summed E-state index contributed by atoms with van der Waals surface area (Å²) in [5, 5.41) is 65.5. The summed E-state index contributed by atoms with van der Waals surface area (Å²) < 4.78 is 53.3. The van der Waals surface area contributed by atoms with Crippen molar-refractivity contribution in [1.29, 1.82) is 0 Å². The summed E-state index contributed by atoms with van der Waals surface area (Å²) in [5.74, 6) is -14.5. The van der Waals surface area contributed by atoms with Gasteiger partial charge in [0.2, 0.25) is 23.1 Å². The smallest absolute Gasteiger partial charge is 0.372 e. The number of hydrogen-bond acceptors (Lipinski definition) is 29. The van der Waals surface area contributed by atoms with E-state index in [0.717, 1.165) is 5.56 Å². The van der Waals surface area contributed by atoms with Crippen LogP contribution >= 0.6 is 0 Å². The number of Topliss-reactive ketones (excluding diaryl/α,β-unsaturated/α-hetero) is 9. The molecule has 0 radical (unpaired) electrons. The zero-order valence-corrected chi connectivity index (χ0v) is 62.5. The van der Waals surface area contributed by atoms with Crippen LogP contribution in [-0.2, 0) is 90.6 Å². The van der Waals surface area contributed by atoms with Gasteiger partial charge in [0.05, 0.1) is 41.5 Å². The molecule has 582 valence electrons. The zero-order valence-electron chi connectivity index (χ0n) is 62.5. The minimum atomic E-state index is -2.07. The minimum absolute atomic E-state index is 0.00717. The predicted octanol–water partition coefficient (Wildman–Crippen LogP) is 9.37. The summed E-state index contributed by atoms with van der Waals surface area (Å²) in [5.41, 5.74) is 1.31. The molecule has 0 bridgehead atoms. The summed E-state index contributed by atoms with van der Waals surface area (Å²) >= 11 is 0. The highest BCUT2D eigenvalue weighted by molar-refractivity contribution is 5.96. The Morgan fingerprint density at radius 3 is 1.32 bits per heavy atom. The number of carbonyl (C=O) groups is 10. The molecular weight excluding hydrogens is 1410 g/mol. The number of carbonyl (C=O) groups excluding carboxylic acids is 10. The third kappa shape index (κ3) is 22.3. The highest BCUT2D eigenvalue weighted by atomic mass is 16.7. The number of ketones is 9. The molecule has 4 aromatic rings. The lowest BCUT2D eigenvalue weighted by Gasteiger charge is -2.39. The number of furan rings is 1. The number of aryl methyl sites for hydroxylation is 1. The molecule has 6 aliphatic rings. The van der Waals surface area contributed by atoms with Crippen LogP contribution in [0.2, 0.25) is 0 Å². The van der Waals surface area contributed by atoms with E-state index in [0.29, 0.717) is 29.2 Å². The molecular formula is C77H91N3O28. The lowest BCUT2D eigenvalue weighted by atomic mass is 9.86. The number of nitrogens with one attached hydrogen (secondary N) is 1. The molecule has 31 nitrogen and oxygen atoms in total. The van der Waals surface area contributed by atoms with Crippen LogP contribution in [0.15, 0.2) is 155 Å². The average Bonchev–Trinajstić information content (AvgIpc) is 1.39. The van der Waals surface area contributed by atoms with Crippen LogP contribution in [0, 0.1) is 39.0 Å². The summed E-state index contributed by atoms with van der Waals surface area (Å²) in [6.07, 6.45) is 9.14. The first kappa shape index (κ1) is 86.4. The van der Waals surface area contributed by atoms with Crippen molar-refractivity contribution < 1.29 is 125 Å². The van der Waals surface area contributed by atoms with Crippen LogP contribution in [0.4, 0.5) is 17.1 Å². The zero-order chi connectivity index (χ0) is 80.8. The average molecular weight is 1510 g/mol. The van der Waals surface area contributed by atoms with Crippen molar-refractivity contribution >= 4 is 75.1 Å². The number of aliphatic hydroxyl groups is 4. The van der Waals surface area contributed by atoms with Gasteiger partial charge in [-0.15, -0.1) is 0 Å². The lowest BCUT2D eigenvalue weighted by Crippen LogP contribution is -2.52. The molecule has 1 fully saturated rings. The number of benzene rings is 3. The van der Waals surface area contributed by atoms with Gasteiger partial charge in [0.25, 0.3) is 40.2 Å². The van der Waals surface area contributed by atoms with Gasteiger partial charge in [-0.2, -0.15) is 0 Å². The van der Waals surface area contributed by atoms with Gasteiger partial charge in [-0.3, -0.25) is 63.4 Å². The van der Waals surface area contributed by atoms with Gasteiger partial charge < -0.3 is 72.8 Å². The molecule has 0 saturated carbocycles. The monoisotopic (exact) mass is 1510 g/mol. The number of hydrogen-bond donors (Lipinski definition) is 5. The number of esters is 1. The van der Waals surface area contributed by atoms with Crippen molar-refractivity contribution in [3.63, 3.8) is 0 Å². The van der Waals surface area contributed by atoms with Crippen molar-refractivity contribution in [2.75, 3.05) is 25.6 Å². The summed E-state index contributed by atoms with van der Waals surface area (Å²) in [6, 6.07) is 22.6. The Balaban J connectivity index is 0.000000215. The first-order chi connectivity index (χ1) is 50.3. The Morgan fingerprint density at radius 2 is 0.935 bits per heavy atom. The molecule has 6 aliphatic heterocycles. The van der Waals surface area contributed by atoms with Crippen LogP contribution in [0.5, 0.6) is 0 Å². The number of rotatable bonds is 21. The van der Waals surface area contributed by atoms with Crippen molar-refractivity contribution in [3.8, 4) is 0 Å². The van der Waals surface area contributed by atoms with E-state index in [2.05, 4.69) is 5.32 Å². The van der Waals surface area contributed by atoms with E-state index < -0.39 is 91.2 Å². The van der Waals surface area contributed by atoms with Crippen LogP contribution in [0.3, 0.4) is 0 Å². The van der Waals surface area contributed by atoms with Crippen LogP contribution in [-0.4, -0.2) is 155 Å². The number of non-ortho nitro benzene ring substituents is 2. The Hall–Kier alpha value is -10.5. The standard InChI is InChI=1S/C23H24N2O6.C15H15NO6.C14H20O6.C13H14O5.C12H18O5/c1-4-30-22(27)23(24-19-9-5-15(2)6-10-19)14-18(13-21(31-23)16(3)26)17-7-11-20(12-8-17)25(28)29;1-9(17)14-7-12(8-15(19,22-14)10(2)18)11-3-5-13(6-4-11)16(20)21;1-8(15)11-5-10(6-14(17,20-11)9(2)16)12-7-18-13(3,4)19-12;1-8(14)12-6-10(11-4-3-5-17-11)7-13(16,18-12)9(2)15;1-7(13)11-5-10(8(2)16-4)6-12(15,17-11)9(3)14/h5-13,18,24H,4,14H2,1-3H3;3-7,12,19H,8H2,1-2H3;5,10,12,17H,6-7H2,1-4H3;3-6,10,16H,7H2,1-2H3;5,8,10,15H,6H2,1-4H3. The maximum absolute atomic E-state index is 13.0. The van der Waals surface area contributed by atoms with Gasteiger partial charge in [-0.1, -0.05) is 42.0 Å². The first-order valence-electron chi connectivity index (χ1n) is 34.2. The van der Waals surface area contributed by atoms with E-state index in [1.165, 1.54) is 118 Å². The fourth-order valence-corrected chi connectivity index (χ4v) is 11.7. The molecule has 0 aliphatic carbocycles. The largest absolute Gasteiger partial charge is 0.469 e. The summed E-state index contributed by atoms with van der Waals surface area (Å²) in [4.78, 5) is 138. The number of allylic oxidation sites excluding steroid dienone is 8. The predicted molar refractivity (Wildman–Crippen MR) is 380 cm³/mol. The van der Waals surface area contributed by atoms with Crippen molar-refractivity contribution in [3.05, 3.63) is 193 Å². The first-order valence-corrected chi connectivity index (χ1v) is 34.2. The molecule has 12 unspecified atom stereocenters. The highest BCUT2D eigenvalue weighted by Crippen LogP contribution is 2.43. The second kappa shape index (κ2) is 35.9. The van der Waals surface area contributed by atoms with Crippen LogP contribution in [0.25, 0.3) is 0 Å². The highest BCUT2D eigenvalue weighted by Gasteiger charge is 2.51. The maximum Gasteiger partial charge on any atom is 0.372 e. The molecule has 3 aromatic carbocycles. The Labute approximate surface area is 622 Å². The van der Waals surface area contributed by atoms with E-state index in [4.69, 9.17) is 47.0 Å². The molecule has 31 heteroatoms. The Bertz CT molecular complexity index is 4210. The van der Waals surface area contributed by atoms with Gasteiger partial charge in [-0.25, -0.2) is 4.79 Å². The normalized spacial score (nSPS) is 26.7. The molecule has 0 spiro atoms. The van der Waals surface area contributed by atoms with Crippen molar-refractivity contribution in [2.24, 2.45) is 11.8 Å². The van der Waals surface area contributed by atoms with Crippen LogP contribution in [0.1, 0.15) is 162 Å². The number of ether oxygens (including phenoxy) is 9. The molecule has 0 amide bonds. The molecule has 12 atom stereocenters. The van der Waals surface area contributed by atoms with Gasteiger partial charge in [0, 0.05) is 161 Å². The molecule has 7 heterocycles. The van der Waals surface area contributed by atoms with Gasteiger partial charge in [-0.05, 0) is 100 Å². The van der Waals surface area contributed by atoms with E-state index in [-0.39, 0.29) is 132 Å². The van der Waals surface area contributed by atoms with Gasteiger partial charge >= 0.3 is 5.97 Å².